The highest BCUT2D eigenvalue weighted by Gasteiger charge is 2.21. The van der Waals surface area contributed by atoms with Gasteiger partial charge in [0.2, 0.25) is 0 Å². The van der Waals surface area contributed by atoms with Gasteiger partial charge in [0.05, 0.1) is 0 Å². The van der Waals surface area contributed by atoms with Gasteiger partial charge in [-0.3, -0.25) is 0 Å². The fourth-order valence-electron chi connectivity index (χ4n) is 1.73. The van der Waals surface area contributed by atoms with Crippen LogP contribution in [0.5, 0.6) is 5.75 Å². The topological polar surface area (TPSA) is 21.3 Å². The molecule has 0 amide bonds. The predicted molar refractivity (Wildman–Crippen MR) is 57.7 cm³/mol. The van der Waals surface area contributed by atoms with E-state index < -0.39 is 0 Å². The van der Waals surface area contributed by atoms with Crippen LogP contribution in [0.3, 0.4) is 0 Å². The van der Waals surface area contributed by atoms with Gasteiger partial charge in [0, 0.05) is 19.0 Å². The van der Waals surface area contributed by atoms with Crippen LogP contribution in [0.1, 0.15) is 19.4 Å². The van der Waals surface area contributed by atoms with E-state index in [1.807, 2.05) is 12.1 Å². The zero-order valence-corrected chi connectivity index (χ0v) is 8.79. The molecule has 0 saturated carbocycles. The van der Waals surface area contributed by atoms with Crippen molar-refractivity contribution in [2.45, 2.75) is 32.4 Å². The zero-order valence-electron chi connectivity index (χ0n) is 8.79. The minimum atomic E-state index is 0.315. The molecule has 0 spiro atoms. The van der Waals surface area contributed by atoms with Crippen molar-refractivity contribution in [3.05, 3.63) is 29.8 Å². The summed E-state index contributed by atoms with van der Waals surface area (Å²) >= 11 is 0. The zero-order chi connectivity index (χ0) is 9.97. The van der Waals surface area contributed by atoms with Crippen LogP contribution in [0.15, 0.2) is 24.3 Å². The van der Waals surface area contributed by atoms with E-state index in [2.05, 4.69) is 31.3 Å². The van der Waals surface area contributed by atoms with Gasteiger partial charge in [-0.1, -0.05) is 32.0 Å². The first-order chi connectivity index (χ1) is 6.75. The van der Waals surface area contributed by atoms with Crippen LogP contribution < -0.4 is 10.1 Å². The van der Waals surface area contributed by atoms with E-state index in [1.54, 1.807) is 0 Å². The van der Waals surface area contributed by atoms with E-state index >= 15 is 0 Å². The number of hydrogen-bond acceptors (Lipinski definition) is 2. The first-order valence-electron chi connectivity index (χ1n) is 5.23. The average Bonchev–Trinajstić information content (AvgIpc) is 2.57. The molecule has 1 aromatic carbocycles. The maximum atomic E-state index is 5.79. The number of rotatable bonds is 3. The van der Waals surface area contributed by atoms with Crippen molar-refractivity contribution in [2.75, 3.05) is 6.54 Å². The summed E-state index contributed by atoms with van der Waals surface area (Å²) in [6, 6.07) is 8.81. The summed E-state index contributed by atoms with van der Waals surface area (Å²) in [6.45, 7) is 5.25. The first kappa shape index (κ1) is 9.53. The fraction of sp³-hybridized carbons (Fsp3) is 0.500. The molecular formula is C12H17NO. The van der Waals surface area contributed by atoms with Crippen molar-refractivity contribution in [1.29, 1.82) is 0 Å². The summed E-state index contributed by atoms with van der Waals surface area (Å²) in [7, 11) is 0. The highest BCUT2D eigenvalue weighted by molar-refractivity contribution is 5.37. The van der Waals surface area contributed by atoms with E-state index in [0.717, 1.165) is 18.7 Å². The summed E-state index contributed by atoms with van der Waals surface area (Å²) in [4.78, 5) is 0. The molecule has 1 atom stereocenters. The standard InChI is InChI=1S/C12H17NO/c1-9(2)13-8-11-7-10-5-3-4-6-12(10)14-11/h3-6,9,11,13H,7-8H2,1-2H3. The van der Waals surface area contributed by atoms with Crippen LogP contribution >= 0.6 is 0 Å². The van der Waals surface area contributed by atoms with Gasteiger partial charge in [-0.25, -0.2) is 0 Å². The predicted octanol–water partition coefficient (Wildman–Crippen LogP) is 1.99. The molecule has 0 aliphatic carbocycles. The lowest BCUT2D eigenvalue weighted by atomic mass is 10.1. The molecule has 0 aromatic heterocycles. The van der Waals surface area contributed by atoms with E-state index in [0.29, 0.717) is 12.1 Å². The molecule has 2 nitrogen and oxygen atoms in total. The maximum absolute atomic E-state index is 5.79. The summed E-state index contributed by atoms with van der Waals surface area (Å²) in [5.74, 6) is 1.06. The van der Waals surface area contributed by atoms with Crippen molar-refractivity contribution in [2.24, 2.45) is 0 Å². The summed E-state index contributed by atoms with van der Waals surface area (Å²) in [5.41, 5.74) is 1.34. The number of benzene rings is 1. The molecule has 0 radical (unpaired) electrons. The number of nitrogens with one attached hydrogen (secondary N) is 1. The van der Waals surface area contributed by atoms with Gasteiger partial charge in [0.1, 0.15) is 11.9 Å². The molecule has 1 unspecified atom stereocenters. The molecule has 0 saturated heterocycles. The average molecular weight is 191 g/mol. The van der Waals surface area contributed by atoms with Crippen molar-refractivity contribution < 1.29 is 4.74 Å². The van der Waals surface area contributed by atoms with E-state index in [4.69, 9.17) is 4.74 Å². The Morgan fingerprint density at radius 1 is 1.43 bits per heavy atom. The van der Waals surface area contributed by atoms with Crippen molar-refractivity contribution in [3.63, 3.8) is 0 Å². The second-order valence-electron chi connectivity index (χ2n) is 4.11. The molecule has 76 valence electrons. The Morgan fingerprint density at radius 2 is 2.21 bits per heavy atom. The van der Waals surface area contributed by atoms with Gasteiger partial charge in [-0.05, 0) is 11.6 Å². The number of hydrogen-bond donors (Lipinski definition) is 1. The molecule has 0 fully saturated rings. The minimum Gasteiger partial charge on any atom is -0.488 e. The highest BCUT2D eigenvalue weighted by Crippen LogP contribution is 2.27. The largest absolute Gasteiger partial charge is 0.488 e. The Bertz CT molecular complexity index is 284. The third kappa shape index (κ3) is 2.07. The molecule has 1 aliphatic heterocycles. The van der Waals surface area contributed by atoms with Crippen LogP contribution in [0.25, 0.3) is 0 Å². The molecule has 1 aliphatic rings. The summed E-state index contributed by atoms with van der Waals surface area (Å²) in [6.07, 6.45) is 1.35. The van der Waals surface area contributed by atoms with Crippen molar-refractivity contribution in [1.82, 2.24) is 5.32 Å². The first-order valence-corrected chi connectivity index (χ1v) is 5.23. The Labute approximate surface area is 85.3 Å². The third-order valence-corrected chi connectivity index (χ3v) is 2.47. The van der Waals surface area contributed by atoms with E-state index in [-0.39, 0.29) is 0 Å². The second kappa shape index (κ2) is 4.01. The van der Waals surface area contributed by atoms with Crippen LogP contribution in [-0.4, -0.2) is 18.7 Å². The molecule has 2 rings (SSSR count). The van der Waals surface area contributed by atoms with Crippen molar-refractivity contribution in [3.8, 4) is 5.75 Å². The summed E-state index contributed by atoms with van der Waals surface area (Å²) < 4.78 is 5.79. The lowest BCUT2D eigenvalue weighted by Crippen LogP contribution is -2.34. The molecule has 14 heavy (non-hydrogen) atoms. The monoisotopic (exact) mass is 191 g/mol. The molecule has 0 bridgehead atoms. The summed E-state index contributed by atoms with van der Waals surface area (Å²) in [5, 5.41) is 3.40. The molecule has 1 aromatic rings. The van der Waals surface area contributed by atoms with Crippen LogP contribution in [0.2, 0.25) is 0 Å². The Kier molecular flexibility index (Phi) is 2.73. The van der Waals surface area contributed by atoms with Gasteiger partial charge >= 0.3 is 0 Å². The van der Waals surface area contributed by atoms with Gasteiger partial charge < -0.3 is 10.1 Å². The normalized spacial score (nSPS) is 19.5. The van der Waals surface area contributed by atoms with Crippen LogP contribution in [0, 0.1) is 0 Å². The second-order valence-corrected chi connectivity index (χ2v) is 4.11. The lowest BCUT2D eigenvalue weighted by Gasteiger charge is -2.13. The Hall–Kier alpha value is -1.02. The van der Waals surface area contributed by atoms with Gasteiger partial charge in [-0.15, -0.1) is 0 Å². The lowest BCUT2D eigenvalue weighted by molar-refractivity contribution is 0.224. The Balaban J connectivity index is 1.92. The van der Waals surface area contributed by atoms with Gasteiger partial charge in [-0.2, -0.15) is 0 Å². The SMILES string of the molecule is CC(C)NCC1Cc2ccccc2O1. The smallest absolute Gasteiger partial charge is 0.123 e. The maximum Gasteiger partial charge on any atom is 0.123 e. The minimum absolute atomic E-state index is 0.315. The number of fused-ring (bicyclic) bond motifs is 1. The molecule has 1 N–H and O–H groups in total. The quantitative estimate of drug-likeness (QED) is 0.789. The number of para-hydroxylation sites is 1. The van der Waals surface area contributed by atoms with Gasteiger partial charge in [0.25, 0.3) is 0 Å². The Morgan fingerprint density at radius 3 is 2.93 bits per heavy atom. The molecule has 2 heteroatoms. The van der Waals surface area contributed by atoms with Crippen LogP contribution in [0.4, 0.5) is 0 Å². The van der Waals surface area contributed by atoms with Crippen molar-refractivity contribution >= 4 is 0 Å². The van der Waals surface area contributed by atoms with Crippen LogP contribution in [-0.2, 0) is 6.42 Å². The molecular weight excluding hydrogens is 174 g/mol. The number of ether oxygens (including phenoxy) is 1. The highest BCUT2D eigenvalue weighted by atomic mass is 16.5. The molecule has 1 heterocycles. The fourth-order valence-corrected chi connectivity index (χ4v) is 1.73. The third-order valence-electron chi connectivity index (χ3n) is 2.47. The van der Waals surface area contributed by atoms with E-state index in [1.165, 1.54) is 5.56 Å². The van der Waals surface area contributed by atoms with Gasteiger partial charge in [0.15, 0.2) is 0 Å². The van der Waals surface area contributed by atoms with E-state index in [9.17, 15) is 0 Å².